The van der Waals surface area contributed by atoms with Crippen LogP contribution in [0.1, 0.15) is 178 Å². The SMILES string of the molecule is CCCN(Oc1ccc(C(C)(C)CC)cc1C(C)(C)CC)C(=O)c1cc(C(=O)N(CCC)Oc2ccc(C(C)(C)CC)cc2C(C)(C)CC)cc(S(=O)[O-])c1.[Na+]. The first kappa shape index (κ1) is 49.5. The van der Waals surface area contributed by atoms with Crippen molar-refractivity contribution in [3.63, 3.8) is 0 Å². The van der Waals surface area contributed by atoms with Crippen LogP contribution in [0.2, 0.25) is 0 Å². The van der Waals surface area contributed by atoms with E-state index in [1.54, 1.807) is 0 Å². The number of hydrogen-bond donors (Lipinski definition) is 0. The Morgan fingerprint density at radius 2 is 0.911 bits per heavy atom. The second-order valence-electron chi connectivity index (χ2n) is 17.3. The third-order valence-electron chi connectivity index (χ3n) is 11.8. The first-order valence-electron chi connectivity index (χ1n) is 20.2. The van der Waals surface area contributed by atoms with Gasteiger partial charge >= 0.3 is 29.6 Å². The van der Waals surface area contributed by atoms with Gasteiger partial charge in [0.05, 0.1) is 13.1 Å². The number of hydroxylamine groups is 4. The van der Waals surface area contributed by atoms with E-state index < -0.39 is 22.9 Å². The molecular formula is C46H67N2NaO6S. The molecule has 1 unspecified atom stereocenters. The quantitative estimate of drug-likeness (QED) is 0.0687. The molecule has 0 aliphatic rings. The molecule has 8 nitrogen and oxygen atoms in total. The van der Waals surface area contributed by atoms with Gasteiger partial charge in [0.2, 0.25) is 0 Å². The van der Waals surface area contributed by atoms with E-state index in [1.165, 1.54) is 39.5 Å². The summed E-state index contributed by atoms with van der Waals surface area (Å²) in [4.78, 5) is 41.4. The summed E-state index contributed by atoms with van der Waals surface area (Å²) in [7, 11) is 0. The Kier molecular flexibility index (Phi) is 18.0. The summed E-state index contributed by atoms with van der Waals surface area (Å²) >= 11 is -2.72. The zero-order chi connectivity index (χ0) is 41.5. The molecule has 0 aliphatic heterocycles. The molecule has 0 aliphatic carbocycles. The van der Waals surface area contributed by atoms with Crippen LogP contribution < -0.4 is 39.2 Å². The minimum Gasteiger partial charge on any atom is -0.768 e. The molecule has 0 aromatic heterocycles. The summed E-state index contributed by atoms with van der Waals surface area (Å²) in [6.07, 6.45) is 4.78. The Labute approximate surface area is 363 Å². The first-order valence-corrected chi connectivity index (χ1v) is 21.2. The van der Waals surface area contributed by atoms with Gasteiger partial charge in [0.25, 0.3) is 11.8 Å². The molecule has 0 fully saturated rings. The zero-order valence-corrected chi connectivity index (χ0v) is 39.9. The van der Waals surface area contributed by atoms with Gasteiger partial charge in [-0.2, -0.15) is 10.1 Å². The fourth-order valence-electron chi connectivity index (χ4n) is 6.16. The summed E-state index contributed by atoms with van der Waals surface area (Å²) in [6, 6.07) is 16.3. The molecule has 0 saturated heterocycles. The van der Waals surface area contributed by atoms with Crippen LogP contribution >= 0.6 is 0 Å². The van der Waals surface area contributed by atoms with Crippen molar-refractivity contribution in [1.82, 2.24) is 10.1 Å². The molecule has 2 amide bonds. The summed E-state index contributed by atoms with van der Waals surface area (Å²) in [5, 5.41) is 2.55. The van der Waals surface area contributed by atoms with Gasteiger partial charge in [-0.25, -0.2) is 0 Å². The van der Waals surface area contributed by atoms with Gasteiger partial charge in [0, 0.05) is 27.1 Å². The second kappa shape index (κ2) is 20.3. The van der Waals surface area contributed by atoms with Crippen molar-refractivity contribution < 1.29 is 57.6 Å². The molecule has 3 rings (SSSR count). The Morgan fingerprint density at radius 1 is 0.571 bits per heavy atom. The minimum absolute atomic E-state index is 0. The fourth-order valence-corrected chi connectivity index (χ4v) is 6.61. The normalized spacial score (nSPS) is 12.8. The van der Waals surface area contributed by atoms with E-state index in [4.69, 9.17) is 9.68 Å². The maximum absolute atomic E-state index is 14.3. The molecule has 0 spiro atoms. The molecule has 0 bridgehead atoms. The van der Waals surface area contributed by atoms with Gasteiger partial charge in [-0.3, -0.25) is 13.8 Å². The Balaban J connectivity index is 0.0000108. The van der Waals surface area contributed by atoms with Crippen LogP contribution in [-0.4, -0.2) is 43.8 Å². The van der Waals surface area contributed by atoms with Crippen molar-refractivity contribution in [3.05, 3.63) is 88.0 Å². The second-order valence-corrected chi connectivity index (χ2v) is 18.3. The average Bonchev–Trinajstić information content (AvgIpc) is 3.16. The maximum atomic E-state index is 14.3. The van der Waals surface area contributed by atoms with Gasteiger partial charge in [-0.05, 0) is 113 Å². The first-order chi connectivity index (χ1) is 25.6. The molecule has 56 heavy (non-hydrogen) atoms. The Hall–Kier alpha value is -2.69. The molecule has 0 heterocycles. The van der Waals surface area contributed by atoms with E-state index in [0.717, 1.165) is 36.8 Å². The predicted octanol–water partition coefficient (Wildman–Crippen LogP) is 8.37. The summed E-state index contributed by atoms with van der Waals surface area (Å²) in [5.41, 5.74) is 3.78. The van der Waals surface area contributed by atoms with E-state index in [0.29, 0.717) is 24.3 Å². The Bertz CT molecular complexity index is 1710. The molecule has 10 heteroatoms. The van der Waals surface area contributed by atoms with Crippen LogP contribution in [0.5, 0.6) is 11.5 Å². The van der Waals surface area contributed by atoms with E-state index >= 15 is 0 Å². The molecule has 3 aromatic carbocycles. The topological polar surface area (TPSA) is 99.2 Å². The van der Waals surface area contributed by atoms with Crippen molar-refractivity contribution in [2.75, 3.05) is 13.1 Å². The van der Waals surface area contributed by atoms with Gasteiger partial charge in [-0.15, -0.1) is 0 Å². The fraction of sp³-hybridized carbons (Fsp3) is 0.565. The zero-order valence-electron chi connectivity index (χ0n) is 37.1. The standard InChI is InChI=1S/C46H68N2O6S.Na/c1-15-25-47(53-39-23-21-34(43(7,8)17-3)30-37(39)45(11,12)19-5)41(49)32-27-33(29-36(28-32)55(51)52)42(50)48(26-16-2)54-40-24-22-35(44(9,10)18-4)31-38(40)46(13,14)20-6;/h21-24,27-31H,15-20,25-26H2,1-14H3,(H,51,52);/q;+1/p-1. The van der Waals surface area contributed by atoms with Crippen molar-refractivity contribution in [1.29, 1.82) is 0 Å². The van der Waals surface area contributed by atoms with Gasteiger partial charge in [-0.1, -0.05) is 121 Å². The summed E-state index contributed by atoms with van der Waals surface area (Å²) in [6.45, 7) is 30.4. The van der Waals surface area contributed by atoms with Crippen LogP contribution in [0.4, 0.5) is 0 Å². The summed E-state index contributed by atoms with van der Waals surface area (Å²) in [5.74, 6) is 0.0210. The number of nitrogens with zero attached hydrogens (tertiary/aromatic N) is 2. The minimum atomic E-state index is -2.72. The molecule has 0 radical (unpaired) electrons. The third-order valence-corrected chi connectivity index (χ3v) is 12.5. The number of hydrogen-bond acceptors (Lipinski definition) is 6. The van der Waals surface area contributed by atoms with Gasteiger partial charge in [0.15, 0.2) is 11.5 Å². The number of carbonyl (C=O) groups excluding carboxylic acids is 2. The largest absolute Gasteiger partial charge is 1.00 e. The molecular weight excluding hydrogens is 732 g/mol. The number of benzene rings is 3. The number of carbonyl (C=O) groups is 2. The van der Waals surface area contributed by atoms with Crippen molar-refractivity contribution >= 4 is 22.9 Å². The third kappa shape index (κ3) is 11.7. The summed E-state index contributed by atoms with van der Waals surface area (Å²) < 4.78 is 24.9. The smallest absolute Gasteiger partial charge is 0.768 e. The Morgan fingerprint density at radius 3 is 1.20 bits per heavy atom. The number of rotatable bonds is 19. The molecule has 0 N–H and O–H groups in total. The van der Waals surface area contributed by atoms with E-state index in [-0.39, 0.29) is 80.3 Å². The van der Waals surface area contributed by atoms with Crippen molar-refractivity contribution in [2.45, 2.75) is 162 Å². The van der Waals surface area contributed by atoms with Crippen LogP contribution in [0.25, 0.3) is 0 Å². The van der Waals surface area contributed by atoms with Crippen LogP contribution in [-0.2, 0) is 32.7 Å². The van der Waals surface area contributed by atoms with Gasteiger partial charge in [0.1, 0.15) is 0 Å². The number of amides is 2. The van der Waals surface area contributed by atoms with Crippen LogP contribution in [0, 0.1) is 0 Å². The maximum Gasteiger partial charge on any atom is 1.00 e. The van der Waals surface area contributed by atoms with Crippen molar-refractivity contribution in [3.8, 4) is 11.5 Å². The molecule has 0 saturated carbocycles. The van der Waals surface area contributed by atoms with Crippen molar-refractivity contribution in [2.24, 2.45) is 0 Å². The van der Waals surface area contributed by atoms with Crippen LogP contribution in [0.15, 0.2) is 59.5 Å². The molecule has 1 atom stereocenters. The molecule has 304 valence electrons. The van der Waals surface area contributed by atoms with E-state index in [2.05, 4.69) is 95.2 Å². The van der Waals surface area contributed by atoms with Crippen LogP contribution in [0.3, 0.4) is 0 Å². The van der Waals surface area contributed by atoms with E-state index in [1.807, 2.05) is 38.1 Å². The average molecular weight is 799 g/mol. The van der Waals surface area contributed by atoms with Gasteiger partial charge < -0.3 is 14.2 Å². The monoisotopic (exact) mass is 798 g/mol. The predicted molar refractivity (Wildman–Crippen MR) is 224 cm³/mol. The van der Waals surface area contributed by atoms with E-state index in [9.17, 15) is 18.4 Å². The molecule has 3 aromatic rings.